The van der Waals surface area contributed by atoms with E-state index in [0.29, 0.717) is 0 Å². The fourth-order valence-corrected chi connectivity index (χ4v) is 0.289. The molecule has 0 saturated carbocycles. The lowest BCUT2D eigenvalue weighted by Gasteiger charge is -1.97. The Balaban J connectivity index is 2.75. The van der Waals surface area contributed by atoms with Gasteiger partial charge in [-0.1, -0.05) is 0 Å². The van der Waals surface area contributed by atoms with Crippen LogP contribution < -0.4 is 0 Å². The first kappa shape index (κ1) is 6.10. The molecule has 0 fully saturated rings. The first-order chi connectivity index (χ1) is 2.81. The van der Waals surface area contributed by atoms with E-state index in [-0.39, 0.29) is 0 Å². The van der Waals surface area contributed by atoms with Crippen molar-refractivity contribution in [2.45, 2.75) is 0 Å². The van der Waals surface area contributed by atoms with E-state index in [1.165, 1.54) is 14.2 Å². The lowest BCUT2D eigenvalue weighted by atomic mass is 11.8. The zero-order valence-corrected chi connectivity index (χ0v) is 5.00. The standard InChI is InChI=1S/C2H8O3Si/c1-4-6(3)5-2/h3,6H,1-2H3. The van der Waals surface area contributed by atoms with Crippen molar-refractivity contribution < 1.29 is 13.6 Å². The summed E-state index contributed by atoms with van der Waals surface area (Å²) in [6.45, 7) is 0. The highest BCUT2D eigenvalue weighted by atomic mass is 28.3. The average molecular weight is 108 g/mol. The van der Waals surface area contributed by atoms with Crippen molar-refractivity contribution in [3.63, 3.8) is 0 Å². The lowest BCUT2D eigenvalue weighted by molar-refractivity contribution is 0.193. The van der Waals surface area contributed by atoms with Gasteiger partial charge in [-0.15, -0.1) is 0 Å². The van der Waals surface area contributed by atoms with Gasteiger partial charge in [0, 0.05) is 14.2 Å². The van der Waals surface area contributed by atoms with E-state index in [9.17, 15) is 0 Å². The third-order valence-electron chi connectivity index (χ3n) is 0.403. The Kier molecular flexibility index (Phi) is 3.35. The summed E-state index contributed by atoms with van der Waals surface area (Å²) in [5.41, 5.74) is 0. The van der Waals surface area contributed by atoms with E-state index in [1.807, 2.05) is 0 Å². The Morgan fingerprint density at radius 3 is 1.67 bits per heavy atom. The van der Waals surface area contributed by atoms with Crippen LogP contribution in [-0.4, -0.2) is 28.5 Å². The Labute approximate surface area is 38.5 Å². The molecule has 0 rings (SSSR count). The molecular formula is C2H8O3Si. The predicted octanol–water partition coefficient (Wildman–Crippen LogP) is -1.01. The summed E-state index contributed by atoms with van der Waals surface area (Å²) in [7, 11) is 0.674. The van der Waals surface area contributed by atoms with Crippen LogP contribution in [0.25, 0.3) is 0 Å². The largest absolute Gasteiger partial charge is 0.480 e. The number of rotatable bonds is 2. The summed E-state index contributed by atoms with van der Waals surface area (Å²) in [6.07, 6.45) is 0. The van der Waals surface area contributed by atoms with E-state index in [0.717, 1.165) is 0 Å². The van der Waals surface area contributed by atoms with Crippen LogP contribution in [0.5, 0.6) is 0 Å². The summed E-state index contributed by atoms with van der Waals surface area (Å²) in [5, 5.41) is 0. The quantitative estimate of drug-likeness (QED) is 0.461. The molecule has 0 aliphatic rings. The molecule has 0 amide bonds. The van der Waals surface area contributed by atoms with Crippen LogP contribution in [0.1, 0.15) is 0 Å². The van der Waals surface area contributed by atoms with Gasteiger partial charge in [-0.3, -0.25) is 0 Å². The molecule has 1 N–H and O–H groups in total. The summed E-state index contributed by atoms with van der Waals surface area (Å²) in [5.74, 6) is 0. The molecule has 0 aromatic carbocycles. The molecule has 4 heteroatoms. The highest BCUT2D eigenvalue weighted by molar-refractivity contribution is 6.34. The van der Waals surface area contributed by atoms with E-state index in [1.54, 1.807) is 0 Å². The topological polar surface area (TPSA) is 38.7 Å². The van der Waals surface area contributed by atoms with Gasteiger partial charge >= 0.3 is 9.53 Å². The molecule has 0 saturated heterocycles. The van der Waals surface area contributed by atoms with Crippen molar-refractivity contribution in [2.24, 2.45) is 0 Å². The summed E-state index contributed by atoms with van der Waals surface area (Å²) >= 11 is 0. The fourth-order valence-electron chi connectivity index (χ4n) is 0.0962. The van der Waals surface area contributed by atoms with Gasteiger partial charge in [0.2, 0.25) is 0 Å². The molecule has 0 radical (unpaired) electrons. The van der Waals surface area contributed by atoms with Gasteiger partial charge in [-0.05, 0) is 0 Å². The van der Waals surface area contributed by atoms with Gasteiger partial charge in [0.15, 0.2) is 0 Å². The molecule has 0 aromatic heterocycles. The van der Waals surface area contributed by atoms with Crippen molar-refractivity contribution >= 4 is 9.53 Å². The van der Waals surface area contributed by atoms with Crippen LogP contribution in [0.3, 0.4) is 0 Å². The maximum absolute atomic E-state index is 8.36. The van der Waals surface area contributed by atoms with Crippen molar-refractivity contribution in [1.29, 1.82) is 0 Å². The SMILES string of the molecule is CO[SiH](O)OC. The van der Waals surface area contributed by atoms with Crippen LogP contribution in [0.2, 0.25) is 0 Å². The summed E-state index contributed by atoms with van der Waals surface area (Å²) < 4.78 is 8.74. The molecular weight excluding hydrogens is 100 g/mol. The number of hydrogen-bond acceptors (Lipinski definition) is 3. The van der Waals surface area contributed by atoms with Gasteiger partial charge in [0.1, 0.15) is 0 Å². The lowest BCUT2D eigenvalue weighted by Crippen LogP contribution is -2.17. The van der Waals surface area contributed by atoms with Crippen molar-refractivity contribution in [1.82, 2.24) is 0 Å². The van der Waals surface area contributed by atoms with Crippen molar-refractivity contribution in [3.05, 3.63) is 0 Å². The zero-order valence-electron chi connectivity index (χ0n) is 3.84. The van der Waals surface area contributed by atoms with E-state index in [2.05, 4.69) is 8.85 Å². The number of hydrogen-bond donors (Lipinski definition) is 1. The fraction of sp³-hybridized carbons (Fsp3) is 1.00. The van der Waals surface area contributed by atoms with Crippen molar-refractivity contribution in [3.8, 4) is 0 Å². The van der Waals surface area contributed by atoms with Crippen LogP contribution >= 0.6 is 0 Å². The Morgan fingerprint density at radius 1 is 1.33 bits per heavy atom. The van der Waals surface area contributed by atoms with Gasteiger partial charge in [-0.2, -0.15) is 0 Å². The van der Waals surface area contributed by atoms with Gasteiger partial charge < -0.3 is 13.6 Å². The Morgan fingerprint density at radius 2 is 1.67 bits per heavy atom. The maximum atomic E-state index is 8.36. The smallest absolute Gasteiger partial charge is 0.392 e. The maximum Gasteiger partial charge on any atom is 0.480 e. The molecule has 0 aliphatic carbocycles. The highest BCUT2D eigenvalue weighted by Crippen LogP contribution is 1.71. The monoisotopic (exact) mass is 108 g/mol. The molecule has 0 heterocycles. The predicted molar refractivity (Wildman–Crippen MR) is 23.4 cm³/mol. The molecule has 0 aliphatic heterocycles. The molecule has 0 spiro atoms. The summed E-state index contributed by atoms with van der Waals surface area (Å²) in [6, 6.07) is 0. The first-order valence-corrected chi connectivity index (χ1v) is 3.01. The minimum atomic E-state index is -2.16. The van der Waals surface area contributed by atoms with Crippen molar-refractivity contribution in [2.75, 3.05) is 14.2 Å². The van der Waals surface area contributed by atoms with E-state index < -0.39 is 9.53 Å². The molecule has 38 valence electrons. The second kappa shape index (κ2) is 3.29. The minimum absolute atomic E-state index is 1.42. The third kappa shape index (κ3) is 2.34. The second-order valence-corrected chi connectivity index (χ2v) is 2.34. The van der Waals surface area contributed by atoms with Gasteiger partial charge in [-0.25, -0.2) is 0 Å². The van der Waals surface area contributed by atoms with Gasteiger partial charge in [0.05, 0.1) is 0 Å². The molecule has 0 bridgehead atoms. The van der Waals surface area contributed by atoms with Crippen LogP contribution in [0.4, 0.5) is 0 Å². The highest BCUT2D eigenvalue weighted by Gasteiger charge is 1.98. The molecule has 0 aromatic rings. The van der Waals surface area contributed by atoms with E-state index in [4.69, 9.17) is 4.80 Å². The second-order valence-electron chi connectivity index (χ2n) is 0.778. The normalized spacial score (nSPS) is 10.0. The zero-order chi connectivity index (χ0) is 4.99. The third-order valence-corrected chi connectivity index (χ3v) is 1.21. The van der Waals surface area contributed by atoms with Crippen LogP contribution in [0.15, 0.2) is 0 Å². The van der Waals surface area contributed by atoms with Crippen LogP contribution in [0, 0.1) is 0 Å². The molecule has 0 atom stereocenters. The molecule has 3 nitrogen and oxygen atoms in total. The van der Waals surface area contributed by atoms with Crippen LogP contribution in [-0.2, 0) is 8.85 Å². The minimum Gasteiger partial charge on any atom is -0.392 e. The molecule has 0 unspecified atom stereocenters. The first-order valence-electron chi connectivity index (χ1n) is 1.55. The Hall–Kier alpha value is 0.0969. The summed E-state index contributed by atoms with van der Waals surface area (Å²) in [4.78, 5) is 8.36. The Bertz CT molecular complexity index is 28.0. The molecule has 6 heavy (non-hydrogen) atoms. The average Bonchev–Trinajstić information content (AvgIpc) is 1.65. The van der Waals surface area contributed by atoms with E-state index >= 15 is 0 Å². The van der Waals surface area contributed by atoms with Gasteiger partial charge in [0.25, 0.3) is 0 Å².